The van der Waals surface area contributed by atoms with Crippen molar-refractivity contribution in [2.45, 2.75) is 19.0 Å². The van der Waals surface area contributed by atoms with Gasteiger partial charge in [-0.25, -0.2) is 0 Å². The van der Waals surface area contributed by atoms with Crippen molar-refractivity contribution in [1.29, 1.82) is 0 Å². The molecule has 1 amide bonds. The number of ether oxygens (including phenoxy) is 1. The third kappa shape index (κ3) is 4.33. The van der Waals surface area contributed by atoms with Crippen LogP contribution in [0.2, 0.25) is 0 Å². The minimum absolute atomic E-state index is 0.0946. The van der Waals surface area contributed by atoms with Gasteiger partial charge < -0.3 is 15.0 Å². The van der Waals surface area contributed by atoms with Crippen LogP contribution in [0, 0.1) is 0 Å². The van der Waals surface area contributed by atoms with Gasteiger partial charge >= 0.3 is 6.18 Å². The van der Waals surface area contributed by atoms with E-state index in [4.69, 9.17) is 4.74 Å². The number of alkyl halides is 3. The first-order valence-corrected chi connectivity index (χ1v) is 8.44. The molecule has 0 unspecified atom stereocenters. The Kier molecular flexibility index (Phi) is 5.39. The average molecular weight is 390 g/mol. The molecule has 0 saturated carbocycles. The minimum atomic E-state index is -4.57. The molecule has 8 heteroatoms. The Labute approximate surface area is 158 Å². The molecule has 2 aromatic carbocycles. The van der Waals surface area contributed by atoms with Crippen LogP contribution in [0.5, 0.6) is 5.75 Å². The molecule has 0 aliphatic carbocycles. The summed E-state index contributed by atoms with van der Waals surface area (Å²) in [5, 5.41) is 3.03. The predicted molar refractivity (Wildman–Crippen MR) is 99.5 cm³/mol. The van der Waals surface area contributed by atoms with Crippen molar-refractivity contribution in [2.24, 2.45) is 0 Å². The van der Waals surface area contributed by atoms with E-state index in [9.17, 15) is 22.8 Å². The Hall–Kier alpha value is -3.29. The summed E-state index contributed by atoms with van der Waals surface area (Å²) in [7, 11) is 1.52. The molecule has 0 aliphatic rings. The van der Waals surface area contributed by atoms with Gasteiger partial charge in [0.05, 0.1) is 23.9 Å². The van der Waals surface area contributed by atoms with Crippen LogP contribution in [-0.2, 0) is 17.4 Å². The lowest BCUT2D eigenvalue weighted by Crippen LogP contribution is -2.19. The van der Waals surface area contributed by atoms with E-state index in [0.717, 1.165) is 11.5 Å². The molecule has 0 atom stereocenters. The molecule has 0 saturated heterocycles. The number of pyridine rings is 1. The average Bonchev–Trinajstić information content (AvgIpc) is 2.65. The highest BCUT2D eigenvalue weighted by Crippen LogP contribution is 2.34. The summed E-state index contributed by atoms with van der Waals surface area (Å²) >= 11 is 0. The number of carbonyl (C=O) groups excluding carboxylic acids is 1. The van der Waals surface area contributed by atoms with Gasteiger partial charge in [-0.05, 0) is 42.1 Å². The van der Waals surface area contributed by atoms with Crippen molar-refractivity contribution in [3.63, 3.8) is 0 Å². The molecule has 1 aromatic heterocycles. The zero-order valence-electron chi connectivity index (χ0n) is 14.9. The van der Waals surface area contributed by atoms with Crippen molar-refractivity contribution in [1.82, 2.24) is 4.98 Å². The number of para-hydroxylation sites is 1. The minimum Gasteiger partial charge on any atom is -0.497 e. The Balaban J connectivity index is 1.73. The number of H-pyrrole nitrogens is 1. The molecule has 0 radical (unpaired) electrons. The lowest BCUT2D eigenvalue weighted by atomic mass is 10.1. The molecule has 28 heavy (non-hydrogen) atoms. The zero-order chi connectivity index (χ0) is 20.3. The number of aromatic nitrogens is 1. The van der Waals surface area contributed by atoms with Crippen LogP contribution in [0.15, 0.2) is 53.3 Å². The van der Waals surface area contributed by atoms with Gasteiger partial charge in [0.15, 0.2) is 0 Å². The maximum absolute atomic E-state index is 13.0. The van der Waals surface area contributed by atoms with Crippen molar-refractivity contribution >= 4 is 22.5 Å². The first-order valence-electron chi connectivity index (χ1n) is 8.44. The Morgan fingerprint density at radius 2 is 1.89 bits per heavy atom. The topological polar surface area (TPSA) is 71.2 Å². The van der Waals surface area contributed by atoms with Gasteiger partial charge in [0.1, 0.15) is 5.75 Å². The Bertz CT molecular complexity index is 1070. The molecule has 3 aromatic rings. The summed E-state index contributed by atoms with van der Waals surface area (Å²) in [6.07, 6.45) is -4.60. The van der Waals surface area contributed by atoms with Crippen LogP contribution in [0.1, 0.15) is 17.5 Å². The fourth-order valence-electron chi connectivity index (χ4n) is 2.84. The van der Waals surface area contributed by atoms with E-state index in [1.54, 1.807) is 24.3 Å². The summed E-state index contributed by atoms with van der Waals surface area (Å²) in [6.45, 7) is 0. The van der Waals surface area contributed by atoms with Gasteiger partial charge in [-0.2, -0.15) is 13.2 Å². The molecule has 146 valence electrons. The van der Waals surface area contributed by atoms with Crippen LogP contribution >= 0.6 is 0 Å². The number of aryl methyl sites for hydroxylation is 1. The number of amides is 1. The highest BCUT2D eigenvalue weighted by molar-refractivity contribution is 5.91. The highest BCUT2D eigenvalue weighted by Gasteiger charge is 2.33. The number of rotatable bonds is 5. The third-order valence-electron chi connectivity index (χ3n) is 4.26. The maximum Gasteiger partial charge on any atom is 0.418 e. The standard InChI is InChI=1S/C20H17F3N2O3/c1-28-14-8-6-12-10-13(19(27)25-17(12)11-14)7-9-18(26)24-16-5-3-2-4-15(16)20(21,22)23/h2-6,8,10-11H,7,9H2,1H3,(H,24,26)(H,25,27). The lowest BCUT2D eigenvalue weighted by Gasteiger charge is -2.13. The smallest absolute Gasteiger partial charge is 0.418 e. The number of methoxy groups -OCH3 is 1. The first kappa shape index (κ1) is 19.5. The molecule has 0 aliphatic heterocycles. The number of anilines is 1. The van der Waals surface area contributed by atoms with E-state index in [1.807, 2.05) is 0 Å². The normalized spacial score (nSPS) is 11.4. The summed E-state index contributed by atoms with van der Waals surface area (Å²) in [5.74, 6) is -0.00969. The van der Waals surface area contributed by atoms with E-state index in [0.29, 0.717) is 16.8 Å². The summed E-state index contributed by atoms with van der Waals surface area (Å²) in [6, 6.07) is 11.6. The molecular formula is C20H17F3N2O3. The second-order valence-corrected chi connectivity index (χ2v) is 6.17. The van der Waals surface area contributed by atoms with Crippen LogP contribution in [-0.4, -0.2) is 18.0 Å². The second kappa shape index (κ2) is 7.75. The lowest BCUT2D eigenvalue weighted by molar-refractivity contribution is -0.137. The van der Waals surface area contributed by atoms with Crippen LogP contribution in [0.4, 0.5) is 18.9 Å². The number of hydrogen-bond donors (Lipinski definition) is 2. The van der Waals surface area contributed by atoms with Crippen LogP contribution in [0.25, 0.3) is 10.9 Å². The number of nitrogens with one attached hydrogen (secondary N) is 2. The predicted octanol–water partition coefficient (Wildman–Crippen LogP) is 4.13. The number of benzene rings is 2. The van der Waals surface area contributed by atoms with Gasteiger partial charge in [0.2, 0.25) is 5.91 Å². The molecule has 0 bridgehead atoms. The molecule has 0 fully saturated rings. The largest absolute Gasteiger partial charge is 0.497 e. The van der Waals surface area contributed by atoms with Crippen LogP contribution in [0.3, 0.4) is 0 Å². The molecular weight excluding hydrogens is 373 g/mol. The maximum atomic E-state index is 13.0. The Morgan fingerprint density at radius 3 is 2.61 bits per heavy atom. The molecule has 0 spiro atoms. The van der Waals surface area contributed by atoms with E-state index in [2.05, 4.69) is 10.3 Å². The van der Waals surface area contributed by atoms with Gasteiger partial charge in [-0.1, -0.05) is 12.1 Å². The summed E-state index contributed by atoms with van der Waals surface area (Å²) in [5.41, 5.74) is -0.613. The van der Waals surface area contributed by atoms with E-state index in [-0.39, 0.29) is 24.1 Å². The van der Waals surface area contributed by atoms with Crippen molar-refractivity contribution < 1.29 is 22.7 Å². The quantitative estimate of drug-likeness (QED) is 0.688. The van der Waals surface area contributed by atoms with Gasteiger partial charge in [-0.3, -0.25) is 9.59 Å². The highest BCUT2D eigenvalue weighted by atomic mass is 19.4. The molecule has 3 rings (SSSR count). The number of aromatic amines is 1. The van der Waals surface area contributed by atoms with Crippen molar-refractivity contribution in [2.75, 3.05) is 12.4 Å². The third-order valence-corrected chi connectivity index (χ3v) is 4.26. The fraction of sp³-hybridized carbons (Fsp3) is 0.200. The monoisotopic (exact) mass is 390 g/mol. The molecule has 5 nitrogen and oxygen atoms in total. The zero-order valence-corrected chi connectivity index (χ0v) is 14.9. The number of halogens is 3. The number of fused-ring (bicyclic) bond motifs is 1. The van der Waals surface area contributed by atoms with Crippen molar-refractivity contribution in [3.05, 3.63) is 70.0 Å². The van der Waals surface area contributed by atoms with Crippen molar-refractivity contribution in [3.8, 4) is 5.75 Å². The van der Waals surface area contributed by atoms with E-state index < -0.39 is 17.6 Å². The summed E-state index contributed by atoms with van der Waals surface area (Å²) in [4.78, 5) is 27.0. The fourth-order valence-corrected chi connectivity index (χ4v) is 2.84. The molecule has 2 N–H and O–H groups in total. The summed E-state index contributed by atoms with van der Waals surface area (Å²) < 4.78 is 44.1. The van der Waals surface area contributed by atoms with Crippen LogP contribution < -0.4 is 15.6 Å². The van der Waals surface area contributed by atoms with Gasteiger partial charge in [0, 0.05) is 18.1 Å². The van der Waals surface area contributed by atoms with E-state index >= 15 is 0 Å². The SMILES string of the molecule is COc1ccc2cc(CCC(=O)Nc3ccccc3C(F)(F)F)c(=O)[nH]c2c1. The number of hydrogen-bond acceptors (Lipinski definition) is 3. The molecule has 1 heterocycles. The van der Waals surface area contributed by atoms with E-state index in [1.165, 1.54) is 25.3 Å². The number of carbonyl (C=O) groups is 1. The van der Waals surface area contributed by atoms with Gasteiger partial charge in [-0.15, -0.1) is 0 Å². The second-order valence-electron chi connectivity index (χ2n) is 6.17. The van der Waals surface area contributed by atoms with Gasteiger partial charge in [0.25, 0.3) is 5.56 Å². The Morgan fingerprint density at radius 1 is 1.14 bits per heavy atom. The first-order chi connectivity index (χ1) is 13.3.